The maximum Gasteiger partial charge on any atom is 0.0510 e. The van der Waals surface area contributed by atoms with E-state index < -0.39 is 0 Å². The van der Waals surface area contributed by atoms with Gasteiger partial charge in [-0.1, -0.05) is 13.0 Å². The molecule has 1 aliphatic heterocycles. The summed E-state index contributed by atoms with van der Waals surface area (Å²) in [5.74, 6) is 0.737. The number of rotatable bonds is 8. The molecule has 2 unspecified atom stereocenters. The maximum absolute atomic E-state index is 5.46. The molecule has 1 fully saturated rings. The van der Waals surface area contributed by atoms with Gasteiger partial charge in [-0.05, 0) is 44.6 Å². The first-order chi connectivity index (χ1) is 7.38. The van der Waals surface area contributed by atoms with Crippen LogP contribution in [0.2, 0.25) is 0 Å². The van der Waals surface area contributed by atoms with Gasteiger partial charge < -0.3 is 10.1 Å². The monoisotopic (exact) mass is 211 g/mol. The highest BCUT2D eigenvalue weighted by Gasteiger charge is 2.24. The lowest BCUT2D eigenvalue weighted by molar-refractivity contribution is 0.175. The predicted octanol–water partition coefficient (Wildman–Crippen LogP) is 2.75. The molecule has 0 aromatic rings. The molecule has 0 aromatic heterocycles. The van der Waals surface area contributed by atoms with Gasteiger partial charge in [0.1, 0.15) is 0 Å². The first-order valence-corrected chi connectivity index (χ1v) is 6.30. The highest BCUT2D eigenvalue weighted by atomic mass is 16.5. The molecule has 0 aliphatic carbocycles. The standard InChI is InChI=1S/C13H25NO/c1-3-5-6-7-13(14-9-4-2)12-8-10-15-11-12/h3,12-14H,1,4-11H2,2H3. The molecule has 1 heterocycles. The van der Waals surface area contributed by atoms with Crippen molar-refractivity contribution in [2.45, 2.75) is 45.1 Å². The summed E-state index contributed by atoms with van der Waals surface area (Å²) in [5, 5.41) is 3.66. The molecule has 1 rings (SSSR count). The van der Waals surface area contributed by atoms with E-state index in [1.807, 2.05) is 6.08 Å². The zero-order valence-corrected chi connectivity index (χ0v) is 10.0. The molecule has 1 saturated heterocycles. The van der Waals surface area contributed by atoms with Crippen LogP contribution in [0.25, 0.3) is 0 Å². The molecular weight excluding hydrogens is 186 g/mol. The Balaban J connectivity index is 2.26. The molecule has 0 radical (unpaired) electrons. The molecule has 1 aliphatic rings. The summed E-state index contributed by atoms with van der Waals surface area (Å²) in [6.45, 7) is 9.04. The fraction of sp³-hybridized carbons (Fsp3) is 0.846. The van der Waals surface area contributed by atoms with Crippen molar-refractivity contribution in [3.8, 4) is 0 Å². The van der Waals surface area contributed by atoms with Gasteiger partial charge >= 0.3 is 0 Å². The Morgan fingerprint density at radius 2 is 2.47 bits per heavy atom. The molecular formula is C13H25NO. The molecule has 15 heavy (non-hydrogen) atoms. The third-order valence-electron chi connectivity index (χ3n) is 3.11. The molecule has 0 spiro atoms. The fourth-order valence-corrected chi connectivity index (χ4v) is 2.19. The Kier molecular flexibility index (Phi) is 6.69. The molecule has 0 bridgehead atoms. The minimum absolute atomic E-state index is 0.660. The van der Waals surface area contributed by atoms with Gasteiger partial charge in [-0.25, -0.2) is 0 Å². The summed E-state index contributed by atoms with van der Waals surface area (Å²) in [6.07, 6.45) is 8.11. The number of ether oxygens (including phenoxy) is 1. The van der Waals surface area contributed by atoms with E-state index in [1.165, 1.54) is 25.7 Å². The number of nitrogens with one attached hydrogen (secondary N) is 1. The molecule has 88 valence electrons. The second-order valence-electron chi connectivity index (χ2n) is 4.40. The smallest absolute Gasteiger partial charge is 0.0510 e. The van der Waals surface area contributed by atoms with Crippen LogP contribution in [-0.4, -0.2) is 25.8 Å². The van der Waals surface area contributed by atoms with Crippen LogP contribution >= 0.6 is 0 Å². The lowest BCUT2D eigenvalue weighted by Gasteiger charge is -2.23. The molecule has 2 nitrogen and oxygen atoms in total. The van der Waals surface area contributed by atoms with Crippen LogP contribution in [0.1, 0.15) is 39.0 Å². The van der Waals surface area contributed by atoms with Crippen molar-refractivity contribution in [3.05, 3.63) is 12.7 Å². The van der Waals surface area contributed by atoms with Gasteiger partial charge in [0.25, 0.3) is 0 Å². The van der Waals surface area contributed by atoms with Crippen molar-refractivity contribution >= 4 is 0 Å². The lowest BCUT2D eigenvalue weighted by atomic mass is 9.94. The van der Waals surface area contributed by atoms with Gasteiger partial charge in [0.15, 0.2) is 0 Å². The first kappa shape index (κ1) is 12.7. The Hall–Kier alpha value is -0.340. The summed E-state index contributed by atoms with van der Waals surface area (Å²) < 4.78 is 5.46. The number of hydrogen-bond donors (Lipinski definition) is 1. The summed E-state index contributed by atoms with van der Waals surface area (Å²) >= 11 is 0. The van der Waals surface area contributed by atoms with Crippen molar-refractivity contribution < 1.29 is 4.74 Å². The molecule has 2 heteroatoms. The summed E-state index contributed by atoms with van der Waals surface area (Å²) in [6, 6.07) is 0.660. The van der Waals surface area contributed by atoms with Crippen LogP contribution in [0.5, 0.6) is 0 Å². The van der Waals surface area contributed by atoms with E-state index in [-0.39, 0.29) is 0 Å². The van der Waals surface area contributed by atoms with Gasteiger partial charge in [0.05, 0.1) is 6.61 Å². The van der Waals surface area contributed by atoms with Gasteiger partial charge in [0.2, 0.25) is 0 Å². The van der Waals surface area contributed by atoms with Crippen molar-refractivity contribution in [1.29, 1.82) is 0 Å². The third kappa shape index (κ3) is 4.80. The average molecular weight is 211 g/mol. The van der Waals surface area contributed by atoms with E-state index in [1.54, 1.807) is 0 Å². The lowest BCUT2D eigenvalue weighted by Crippen LogP contribution is -2.37. The molecule has 0 saturated carbocycles. The minimum Gasteiger partial charge on any atom is -0.381 e. The van der Waals surface area contributed by atoms with Crippen LogP contribution in [0.3, 0.4) is 0 Å². The highest BCUT2D eigenvalue weighted by Crippen LogP contribution is 2.20. The number of hydrogen-bond acceptors (Lipinski definition) is 2. The van der Waals surface area contributed by atoms with Gasteiger partial charge in [-0.15, -0.1) is 6.58 Å². The Morgan fingerprint density at radius 3 is 3.07 bits per heavy atom. The van der Waals surface area contributed by atoms with Crippen molar-refractivity contribution in [3.63, 3.8) is 0 Å². The van der Waals surface area contributed by atoms with E-state index in [0.29, 0.717) is 6.04 Å². The third-order valence-corrected chi connectivity index (χ3v) is 3.11. The second-order valence-corrected chi connectivity index (χ2v) is 4.40. The van der Waals surface area contributed by atoms with Crippen molar-refractivity contribution in [2.75, 3.05) is 19.8 Å². The molecule has 0 aromatic carbocycles. The zero-order chi connectivity index (χ0) is 10.9. The normalized spacial score (nSPS) is 22.9. The average Bonchev–Trinajstić information content (AvgIpc) is 2.76. The van der Waals surface area contributed by atoms with E-state index in [0.717, 1.165) is 32.1 Å². The first-order valence-electron chi connectivity index (χ1n) is 6.30. The Labute approximate surface area is 94.1 Å². The van der Waals surface area contributed by atoms with E-state index in [2.05, 4.69) is 18.8 Å². The zero-order valence-electron chi connectivity index (χ0n) is 10.0. The van der Waals surface area contributed by atoms with E-state index in [9.17, 15) is 0 Å². The SMILES string of the molecule is C=CCCCC(NCCC)C1CCOC1. The maximum atomic E-state index is 5.46. The van der Waals surface area contributed by atoms with Crippen LogP contribution < -0.4 is 5.32 Å². The van der Waals surface area contributed by atoms with Gasteiger partial charge in [-0.3, -0.25) is 0 Å². The number of unbranched alkanes of at least 4 members (excludes halogenated alkanes) is 1. The Bertz CT molecular complexity index is 164. The van der Waals surface area contributed by atoms with Crippen molar-refractivity contribution in [2.24, 2.45) is 5.92 Å². The second kappa shape index (κ2) is 7.89. The van der Waals surface area contributed by atoms with E-state index >= 15 is 0 Å². The minimum atomic E-state index is 0.660. The molecule has 2 atom stereocenters. The quantitative estimate of drug-likeness (QED) is 0.492. The van der Waals surface area contributed by atoms with Gasteiger partial charge in [0, 0.05) is 12.6 Å². The van der Waals surface area contributed by atoms with Crippen LogP contribution in [0, 0.1) is 5.92 Å². The highest BCUT2D eigenvalue weighted by molar-refractivity contribution is 4.80. The molecule has 1 N–H and O–H groups in total. The van der Waals surface area contributed by atoms with E-state index in [4.69, 9.17) is 4.74 Å². The fourth-order valence-electron chi connectivity index (χ4n) is 2.19. The molecule has 0 amide bonds. The van der Waals surface area contributed by atoms with Crippen LogP contribution in [0.4, 0.5) is 0 Å². The van der Waals surface area contributed by atoms with Crippen LogP contribution in [-0.2, 0) is 4.74 Å². The van der Waals surface area contributed by atoms with Crippen LogP contribution in [0.15, 0.2) is 12.7 Å². The largest absolute Gasteiger partial charge is 0.381 e. The topological polar surface area (TPSA) is 21.3 Å². The predicted molar refractivity (Wildman–Crippen MR) is 65.1 cm³/mol. The van der Waals surface area contributed by atoms with Crippen molar-refractivity contribution in [1.82, 2.24) is 5.32 Å². The summed E-state index contributed by atoms with van der Waals surface area (Å²) in [7, 11) is 0. The summed E-state index contributed by atoms with van der Waals surface area (Å²) in [5.41, 5.74) is 0. The van der Waals surface area contributed by atoms with Gasteiger partial charge in [-0.2, -0.15) is 0 Å². The number of allylic oxidation sites excluding steroid dienone is 1. The Morgan fingerprint density at radius 1 is 1.60 bits per heavy atom. The summed E-state index contributed by atoms with van der Waals surface area (Å²) in [4.78, 5) is 0.